The smallest absolute Gasteiger partial charge is 0.263 e. The summed E-state index contributed by atoms with van der Waals surface area (Å²) >= 11 is 6.00. The third-order valence-corrected chi connectivity index (χ3v) is 5.94. The summed E-state index contributed by atoms with van der Waals surface area (Å²) < 4.78 is 32.4. The van der Waals surface area contributed by atoms with Crippen molar-refractivity contribution in [3.63, 3.8) is 0 Å². The van der Waals surface area contributed by atoms with E-state index in [1.165, 1.54) is 44.6 Å². The molecular formula is C17H21ClN4O3S. The van der Waals surface area contributed by atoms with Crippen LogP contribution in [0.3, 0.4) is 0 Å². The molecule has 1 heterocycles. The van der Waals surface area contributed by atoms with Gasteiger partial charge < -0.3 is 10.1 Å². The Hall–Kier alpha value is -2.06. The van der Waals surface area contributed by atoms with Gasteiger partial charge in [-0.25, -0.2) is 8.42 Å². The molecule has 1 aromatic carbocycles. The Kier molecular flexibility index (Phi) is 5.83. The van der Waals surface area contributed by atoms with E-state index in [9.17, 15) is 8.42 Å². The van der Waals surface area contributed by atoms with E-state index in [1.54, 1.807) is 12.1 Å². The Morgan fingerprint density at radius 3 is 2.38 bits per heavy atom. The number of nitrogens with zero attached hydrogens (tertiary/aromatic N) is 2. The van der Waals surface area contributed by atoms with Crippen LogP contribution >= 0.6 is 11.6 Å². The molecule has 2 aromatic rings. The van der Waals surface area contributed by atoms with E-state index in [0.717, 1.165) is 12.8 Å². The highest BCUT2D eigenvalue weighted by molar-refractivity contribution is 7.92. The zero-order valence-corrected chi connectivity index (χ0v) is 16.0. The Morgan fingerprint density at radius 1 is 1.08 bits per heavy atom. The molecular weight excluding hydrogens is 376 g/mol. The summed E-state index contributed by atoms with van der Waals surface area (Å²) in [5.41, 5.74) is 0. The monoisotopic (exact) mass is 396 g/mol. The number of nitrogens with one attached hydrogen (secondary N) is 2. The second-order valence-electron chi connectivity index (χ2n) is 6.18. The van der Waals surface area contributed by atoms with Crippen molar-refractivity contribution >= 4 is 33.3 Å². The summed E-state index contributed by atoms with van der Waals surface area (Å²) in [6.45, 7) is 0. The van der Waals surface area contributed by atoms with Crippen LogP contribution in [-0.4, -0.2) is 31.8 Å². The molecule has 1 saturated carbocycles. The highest BCUT2D eigenvalue weighted by atomic mass is 35.5. The SMILES string of the molecule is COc1ccc(S(=O)(=O)Nc2ccc(NC3CCCCC3)nn2)cc1Cl. The first kappa shape index (κ1) is 18.7. The van der Waals surface area contributed by atoms with Gasteiger partial charge in [-0.15, -0.1) is 10.2 Å². The van der Waals surface area contributed by atoms with E-state index in [4.69, 9.17) is 16.3 Å². The molecule has 0 radical (unpaired) electrons. The average Bonchev–Trinajstić information content (AvgIpc) is 2.64. The number of rotatable bonds is 6. The molecule has 0 amide bonds. The van der Waals surface area contributed by atoms with Gasteiger partial charge in [-0.05, 0) is 43.2 Å². The number of halogens is 1. The Balaban J connectivity index is 1.68. The third-order valence-electron chi connectivity index (χ3n) is 4.29. The van der Waals surface area contributed by atoms with Crippen molar-refractivity contribution in [3.8, 4) is 5.75 Å². The molecule has 1 fully saturated rings. The van der Waals surface area contributed by atoms with Crippen molar-refractivity contribution in [2.45, 2.75) is 43.0 Å². The number of methoxy groups -OCH3 is 1. The van der Waals surface area contributed by atoms with Crippen LogP contribution in [0.15, 0.2) is 35.2 Å². The van der Waals surface area contributed by atoms with E-state index >= 15 is 0 Å². The van der Waals surface area contributed by atoms with Gasteiger partial charge in [-0.1, -0.05) is 30.9 Å². The number of anilines is 2. The summed E-state index contributed by atoms with van der Waals surface area (Å²) in [5, 5.41) is 11.6. The van der Waals surface area contributed by atoms with Crippen LogP contribution in [0.5, 0.6) is 5.75 Å². The van der Waals surface area contributed by atoms with E-state index in [2.05, 4.69) is 20.2 Å². The minimum atomic E-state index is -3.81. The van der Waals surface area contributed by atoms with Crippen molar-refractivity contribution in [1.82, 2.24) is 10.2 Å². The maximum Gasteiger partial charge on any atom is 0.263 e. The van der Waals surface area contributed by atoms with E-state index in [0.29, 0.717) is 17.6 Å². The highest BCUT2D eigenvalue weighted by Crippen LogP contribution is 2.27. The van der Waals surface area contributed by atoms with E-state index in [1.807, 2.05) is 0 Å². The fraction of sp³-hybridized carbons (Fsp3) is 0.412. The minimum absolute atomic E-state index is 0.0227. The van der Waals surface area contributed by atoms with Crippen molar-refractivity contribution in [1.29, 1.82) is 0 Å². The fourth-order valence-corrected chi connectivity index (χ4v) is 4.28. The molecule has 0 spiro atoms. The summed E-state index contributed by atoms with van der Waals surface area (Å²) in [6, 6.07) is 7.96. The molecule has 26 heavy (non-hydrogen) atoms. The number of benzene rings is 1. The number of sulfonamides is 1. The molecule has 9 heteroatoms. The quantitative estimate of drug-likeness (QED) is 0.773. The zero-order valence-electron chi connectivity index (χ0n) is 14.4. The van der Waals surface area contributed by atoms with Crippen LogP contribution < -0.4 is 14.8 Å². The summed E-state index contributed by atoms with van der Waals surface area (Å²) in [7, 11) is -2.35. The van der Waals surface area contributed by atoms with Crippen LogP contribution in [0, 0.1) is 0 Å². The van der Waals surface area contributed by atoms with Crippen LogP contribution in [0.2, 0.25) is 5.02 Å². The van der Waals surface area contributed by atoms with Crippen LogP contribution in [0.25, 0.3) is 0 Å². The van der Waals surface area contributed by atoms with E-state index in [-0.39, 0.29) is 15.7 Å². The minimum Gasteiger partial charge on any atom is -0.495 e. The number of aromatic nitrogens is 2. The second kappa shape index (κ2) is 8.09. The predicted molar refractivity (Wildman–Crippen MR) is 101 cm³/mol. The molecule has 3 rings (SSSR count). The first-order valence-electron chi connectivity index (χ1n) is 8.44. The molecule has 1 aliphatic carbocycles. The summed E-state index contributed by atoms with van der Waals surface area (Å²) in [5.74, 6) is 1.20. The van der Waals surface area contributed by atoms with Gasteiger partial charge in [0.05, 0.1) is 17.0 Å². The third kappa shape index (κ3) is 4.56. The maximum atomic E-state index is 12.5. The molecule has 0 atom stereocenters. The lowest BCUT2D eigenvalue weighted by molar-refractivity contribution is 0.414. The lowest BCUT2D eigenvalue weighted by atomic mass is 9.95. The van der Waals surface area contributed by atoms with Gasteiger partial charge in [0, 0.05) is 6.04 Å². The van der Waals surface area contributed by atoms with Crippen molar-refractivity contribution < 1.29 is 13.2 Å². The molecule has 0 saturated heterocycles. The summed E-state index contributed by atoms with van der Waals surface area (Å²) in [4.78, 5) is 0.0227. The first-order chi connectivity index (χ1) is 12.5. The van der Waals surface area contributed by atoms with Crippen molar-refractivity contribution in [2.24, 2.45) is 0 Å². The standard InChI is InChI=1S/C17H21ClN4O3S/c1-25-15-8-7-13(11-14(15)18)26(23,24)22-17-10-9-16(20-21-17)19-12-5-3-2-4-6-12/h7-12H,2-6H2,1H3,(H,19,20)(H,21,22). The topological polar surface area (TPSA) is 93.2 Å². The first-order valence-corrected chi connectivity index (χ1v) is 10.3. The molecule has 0 aliphatic heterocycles. The van der Waals surface area contributed by atoms with Crippen molar-refractivity contribution in [3.05, 3.63) is 35.4 Å². The summed E-state index contributed by atoms with van der Waals surface area (Å²) in [6.07, 6.45) is 5.95. The van der Waals surface area contributed by atoms with Crippen LogP contribution in [0.4, 0.5) is 11.6 Å². The number of ether oxygens (including phenoxy) is 1. The fourth-order valence-electron chi connectivity index (χ4n) is 2.93. The zero-order chi connectivity index (χ0) is 18.6. The van der Waals surface area contributed by atoms with Crippen LogP contribution in [0.1, 0.15) is 32.1 Å². The molecule has 0 bridgehead atoms. The lowest BCUT2D eigenvalue weighted by Crippen LogP contribution is -2.23. The molecule has 2 N–H and O–H groups in total. The Labute approximate surface area is 158 Å². The van der Waals surface area contributed by atoms with Crippen molar-refractivity contribution in [2.75, 3.05) is 17.1 Å². The van der Waals surface area contributed by atoms with Gasteiger partial charge in [0.25, 0.3) is 10.0 Å². The Bertz CT molecular complexity index is 853. The van der Waals surface area contributed by atoms with Gasteiger partial charge in [-0.3, -0.25) is 4.72 Å². The normalized spacial score (nSPS) is 15.5. The van der Waals surface area contributed by atoms with Gasteiger partial charge in [-0.2, -0.15) is 0 Å². The second-order valence-corrected chi connectivity index (χ2v) is 8.27. The number of hydrogen-bond donors (Lipinski definition) is 2. The predicted octanol–water partition coefficient (Wildman–Crippen LogP) is 3.68. The largest absolute Gasteiger partial charge is 0.495 e. The van der Waals surface area contributed by atoms with Gasteiger partial charge in [0.1, 0.15) is 11.6 Å². The number of hydrogen-bond acceptors (Lipinski definition) is 6. The van der Waals surface area contributed by atoms with Gasteiger partial charge in [0.2, 0.25) is 0 Å². The molecule has 1 aromatic heterocycles. The van der Waals surface area contributed by atoms with Gasteiger partial charge in [0.15, 0.2) is 5.82 Å². The average molecular weight is 397 g/mol. The molecule has 140 valence electrons. The lowest BCUT2D eigenvalue weighted by Gasteiger charge is -2.22. The molecule has 7 nitrogen and oxygen atoms in total. The highest BCUT2D eigenvalue weighted by Gasteiger charge is 2.18. The van der Waals surface area contributed by atoms with E-state index < -0.39 is 10.0 Å². The van der Waals surface area contributed by atoms with Crippen LogP contribution in [-0.2, 0) is 10.0 Å². The molecule has 1 aliphatic rings. The van der Waals surface area contributed by atoms with Gasteiger partial charge >= 0.3 is 0 Å². The molecule has 0 unspecified atom stereocenters. The Morgan fingerprint density at radius 2 is 1.77 bits per heavy atom. The maximum absolute atomic E-state index is 12.5.